The van der Waals surface area contributed by atoms with Crippen molar-refractivity contribution in [1.29, 1.82) is 0 Å². The van der Waals surface area contributed by atoms with E-state index in [-0.39, 0.29) is 5.91 Å². The molecule has 2 rings (SSSR count). The highest BCUT2D eigenvalue weighted by Crippen LogP contribution is 2.16. The number of nitrogens with one attached hydrogen (secondary N) is 2. The topological polar surface area (TPSA) is 42.8 Å². The second-order valence-electron chi connectivity index (χ2n) is 6.00. The first kappa shape index (κ1) is 16.0. The maximum absolute atomic E-state index is 12.3. The summed E-state index contributed by atoms with van der Waals surface area (Å²) in [5.74, 6) is 0.0574. The Morgan fingerprint density at radius 1 is 1.19 bits per heavy atom. The molecule has 0 spiro atoms. The Morgan fingerprint density at radius 3 is 2.43 bits per heavy atom. The zero-order chi connectivity index (χ0) is 15.2. The van der Waals surface area contributed by atoms with Gasteiger partial charge < -0.3 is 15.0 Å². The molecule has 0 radical (unpaired) electrons. The van der Waals surface area contributed by atoms with Gasteiger partial charge in [-0.05, 0) is 31.9 Å². The summed E-state index contributed by atoms with van der Waals surface area (Å²) in [7, 11) is 0. The molecule has 116 valence electrons. The van der Waals surface area contributed by atoms with Crippen LogP contribution in [0, 0.1) is 20.8 Å². The highest BCUT2D eigenvalue weighted by atomic mass is 16.5. The molecule has 21 heavy (non-hydrogen) atoms. The largest absolute Gasteiger partial charge is 0.370 e. The highest BCUT2D eigenvalue weighted by Gasteiger charge is 2.14. The number of morpholine rings is 1. The molecule has 1 saturated heterocycles. The van der Waals surface area contributed by atoms with E-state index in [2.05, 4.69) is 24.4 Å². The minimum absolute atomic E-state index is 0.0574. The maximum Gasteiger partial charge on any atom is 0.251 e. The lowest BCUT2D eigenvalue weighted by Crippen LogP contribution is -3.14. The number of hydrogen-bond donors (Lipinski definition) is 2. The molecule has 1 aliphatic rings. The van der Waals surface area contributed by atoms with E-state index >= 15 is 0 Å². The average Bonchev–Trinajstić information content (AvgIpc) is 2.43. The number of ether oxygens (including phenoxy) is 1. The normalized spacial score (nSPS) is 16.0. The lowest BCUT2D eigenvalue weighted by atomic mass is 9.99. The van der Waals surface area contributed by atoms with Crippen molar-refractivity contribution in [2.24, 2.45) is 0 Å². The van der Waals surface area contributed by atoms with Crippen molar-refractivity contribution in [3.8, 4) is 0 Å². The van der Waals surface area contributed by atoms with Crippen LogP contribution >= 0.6 is 0 Å². The summed E-state index contributed by atoms with van der Waals surface area (Å²) in [6, 6.07) is 4.14. The SMILES string of the molecule is Cc1cc(C)c(C(=O)NCCC[NH+]2CCOCC2)c(C)c1. The quantitative estimate of drug-likeness (QED) is 0.782. The van der Waals surface area contributed by atoms with Crippen LogP contribution in [0.4, 0.5) is 0 Å². The van der Waals surface area contributed by atoms with Gasteiger partial charge in [-0.1, -0.05) is 17.7 Å². The third kappa shape index (κ3) is 4.55. The summed E-state index contributed by atoms with van der Waals surface area (Å²) in [6.45, 7) is 11.8. The van der Waals surface area contributed by atoms with E-state index in [1.54, 1.807) is 4.90 Å². The average molecular weight is 291 g/mol. The van der Waals surface area contributed by atoms with Crippen LogP contribution in [-0.4, -0.2) is 45.3 Å². The summed E-state index contributed by atoms with van der Waals surface area (Å²) >= 11 is 0. The zero-order valence-corrected chi connectivity index (χ0v) is 13.4. The number of carbonyl (C=O) groups excluding carboxylic acids is 1. The molecule has 1 aromatic carbocycles. The van der Waals surface area contributed by atoms with Crippen LogP contribution < -0.4 is 10.2 Å². The van der Waals surface area contributed by atoms with Gasteiger partial charge in [0, 0.05) is 18.5 Å². The fraction of sp³-hybridized carbons (Fsp3) is 0.588. The summed E-state index contributed by atoms with van der Waals surface area (Å²) in [5, 5.41) is 3.06. The molecule has 0 unspecified atom stereocenters. The van der Waals surface area contributed by atoms with E-state index in [4.69, 9.17) is 4.74 Å². The molecule has 1 heterocycles. The van der Waals surface area contributed by atoms with Gasteiger partial charge in [0.1, 0.15) is 13.1 Å². The van der Waals surface area contributed by atoms with Crippen molar-refractivity contribution in [3.63, 3.8) is 0 Å². The summed E-state index contributed by atoms with van der Waals surface area (Å²) < 4.78 is 5.35. The molecular weight excluding hydrogens is 264 g/mol. The number of hydrogen-bond acceptors (Lipinski definition) is 2. The number of rotatable bonds is 5. The molecule has 4 nitrogen and oxygen atoms in total. The minimum Gasteiger partial charge on any atom is -0.370 e. The summed E-state index contributed by atoms with van der Waals surface area (Å²) in [4.78, 5) is 13.9. The molecule has 4 heteroatoms. The first-order valence-corrected chi connectivity index (χ1v) is 7.85. The fourth-order valence-corrected chi connectivity index (χ4v) is 3.08. The van der Waals surface area contributed by atoms with Crippen molar-refractivity contribution >= 4 is 5.91 Å². The van der Waals surface area contributed by atoms with Gasteiger partial charge in [0.05, 0.1) is 19.8 Å². The van der Waals surface area contributed by atoms with Crippen LogP contribution in [0.25, 0.3) is 0 Å². The minimum atomic E-state index is 0.0574. The highest BCUT2D eigenvalue weighted by molar-refractivity contribution is 5.97. The number of carbonyl (C=O) groups is 1. The third-order valence-corrected chi connectivity index (χ3v) is 4.10. The molecule has 0 aliphatic carbocycles. The molecule has 0 aromatic heterocycles. The van der Waals surface area contributed by atoms with E-state index in [1.165, 1.54) is 5.56 Å². The van der Waals surface area contributed by atoms with Crippen LogP contribution in [0.5, 0.6) is 0 Å². The molecule has 0 bridgehead atoms. The van der Waals surface area contributed by atoms with Gasteiger partial charge in [-0.25, -0.2) is 0 Å². The molecule has 1 fully saturated rings. The molecule has 0 saturated carbocycles. The van der Waals surface area contributed by atoms with Gasteiger partial charge in [-0.2, -0.15) is 0 Å². The number of aryl methyl sites for hydroxylation is 3. The lowest BCUT2D eigenvalue weighted by Gasteiger charge is -2.23. The number of quaternary nitrogens is 1. The second kappa shape index (κ2) is 7.57. The smallest absolute Gasteiger partial charge is 0.251 e. The Balaban J connectivity index is 1.79. The van der Waals surface area contributed by atoms with E-state index in [1.807, 2.05) is 13.8 Å². The Labute approximate surface area is 127 Å². The van der Waals surface area contributed by atoms with Gasteiger partial charge in [-0.15, -0.1) is 0 Å². The van der Waals surface area contributed by atoms with Gasteiger partial charge >= 0.3 is 0 Å². The molecule has 2 N–H and O–H groups in total. The first-order valence-electron chi connectivity index (χ1n) is 7.85. The van der Waals surface area contributed by atoms with E-state index in [9.17, 15) is 4.79 Å². The van der Waals surface area contributed by atoms with Crippen LogP contribution in [0.1, 0.15) is 33.5 Å². The Bertz CT molecular complexity index is 471. The number of amides is 1. The number of benzene rings is 1. The third-order valence-electron chi connectivity index (χ3n) is 4.10. The van der Waals surface area contributed by atoms with E-state index in [0.29, 0.717) is 0 Å². The van der Waals surface area contributed by atoms with E-state index in [0.717, 1.165) is 62.5 Å². The maximum atomic E-state index is 12.3. The molecule has 1 aliphatic heterocycles. The van der Waals surface area contributed by atoms with Crippen molar-refractivity contribution in [1.82, 2.24) is 5.32 Å². The van der Waals surface area contributed by atoms with Gasteiger partial charge in [-0.3, -0.25) is 4.79 Å². The molecule has 0 atom stereocenters. The fourth-order valence-electron chi connectivity index (χ4n) is 3.08. The lowest BCUT2D eigenvalue weighted by molar-refractivity contribution is -0.908. The van der Waals surface area contributed by atoms with Crippen LogP contribution in [0.3, 0.4) is 0 Å². The Hall–Kier alpha value is -1.39. The van der Waals surface area contributed by atoms with Crippen molar-refractivity contribution < 1.29 is 14.4 Å². The van der Waals surface area contributed by atoms with Crippen LogP contribution in [-0.2, 0) is 4.74 Å². The summed E-state index contributed by atoms with van der Waals surface area (Å²) in [5.41, 5.74) is 4.16. The Kier molecular flexibility index (Phi) is 5.76. The van der Waals surface area contributed by atoms with Crippen LogP contribution in [0.15, 0.2) is 12.1 Å². The molecule has 1 amide bonds. The van der Waals surface area contributed by atoms with Crippen molar-refractivity contribution in [2.75, 3.05) is 39.4 Å². The van der Waals surface area contributed by atoms with Gasteiger partial charge in [0.25, 0.3) is 5.91 Å². The van der Waals surface area contributed by atoms with Crippen LogP contribution in [0.2, 0.25) is 0 Å². The molecule has 1 aromatic rings. The summed E-state index contributed by atoms with van der Waals surface area (Å²) in [6.07, 6.45) is 1.02. The predicted molar refractivity (Wildman–Crippen MR) is 84.0 cm³/mol. The van der Waals surface area contributed by atoms with Crippen molar-refractivity contribution in [3.05, 3.63) is 34.4 Å². The van der Waals surface area contributed by atoms with Gasteiger partial charge in [0.2, 0.25) is 0 Å². The zero-order valence-electron chi connectivity index (χ0n) is 13.4. The van der Waals surface area contributed by atoms with Gasteiger partial charge in [0.15, 0.2) is 0 Å². The second-order valence-corrected chi connectivity index (χ2v) is 6.00. The monoisotopic (exact) mass is 291 g/mol. The van der Waals surface area contributed by atoms with E-state index < -0.39 is 0 Å². The Morgan fingerprint density at radius 2 is 1.81 bits per heavy atom. The van der Waals surface area contributed by atoms with Crippen molar-refractivity contribution in [2.45, 2.75) is 27.2 Å². The predicted octanol–water partition coefficient (Wildman–Crippen LogP) is 0.647. The standard InChI is InChI=1S/C17H26N2O2/c1-13-11-14(2)16(15(3)12-13)17(20)18-5-4-6-19-7-9-21-10-8-19/h11-12H,4-10H2,1-3H3,(H,18,20)/p+1. The first-order chi connectivity index (χ1) is 10.1. The molecular formula is C17H27N2O2+.